The lowest BCUT2D eigenvalue weighted by Crippen LogP contribution is -2.36. The number of hydrogen-bond acceptors (Lipinski definition) is 4. The van der Waals surface area contributed by atoms with Crippen LogP contribution in [0.5, 0.6) is 0 Å². The van der Waals surface area contributed by atoms with Crippen molar-refractivity contribution in [1.29, 1.82) is 0 Å². The maximum Gasteiger partial charge on any atom is 0.191 e. The maximum atomic E-state index is 4.57. The van der Waals surface area contributed by atoms with Gasteiger partial charge in [-0.1, -0.05) is 36.4 Å². The minimum atomic E-state index is 0. The molecule has 0 saturated heterocycles. The molecule has 1 heterocycles. The Morgan fingerprint density at radius 2 is 1.81 bits per heavy atom. The van der Waals surface area contributed by atoms with Crippen LogP contribution in [0.1, 0.15) is 11.3 Å². The molecule has 0 radical (unpaired) electrons. The summed E-state index contributed by atoms with van der Waals surface area (Å²) in [6.45, 7) is 1.38. The number of aliphatic imine (C=N–C) groups is 1. The molecule has 26 heavy (non-hydrogen) atoms. The fourth-order valence-electron chi connectivity index (χ4n) is 2.51. The molecule has 2 N–H and O–H groups in total. The van der Waals surface area contributed by atoms with E-state index in [4.69, 9.17) is 0 Å². The molecule has 2 aromatic carbocycles. The van der Waals surface area contributed by atoms with Crippen molar-refractivity contribution in [3.05, 3.63) is 59.1 Å². The summed E-state index contributed by atoms with van der Waals surface area (Å²) in [4.78, 5) is 10.9. The summed E-state index contributed by atoms with van der Waals surface area (Å²) in [5.74, 6) is 0.771. The second kappa shape index (κ2) is 9.72. The molecular weight excluding hydrogens is 457 g/mol. The van der Waals surface area contributed by atoms with Crippen LogP contribution in [0, 0.1) is 0 Å². The van der Waals surface area contributed by atoms with Gasteiger partial charge in [0.15, 0.2) is 11.1 Å². The predicted octanol–water partition coefficient (Wildman–Crippen LogP) is 3.85. The Morgan fingerprint density at radius 3 is 2.50 bits per heavy atom. The number of nitrogens with zero attached hydrogens (tertiary/aromatic N) is 3. The van der Waals surface area contributed by atoms with E-state index in [9.17, 15) is 0 Å². The summed E-state index contributed by atoms with van der Waals surface area (Å²) in [5, 5.41) is 12.3. The second-order valence-electron chi connectivity index (χ2n) is 5.98. The van der Waals surface area contributed by atoms with E-state index in [-0.39, 0.29) is 24.0 Å². The molecule has 1 aromatic heterocycles. The number of anilines is 1. The second-order valence-corrected chi connectivity index (χ2v) is 6.81. The third-order valence-electron chi connectivity index (χ3n) is 3.86. The molecule has 0 spiro atoms. The van der Waals surface area contributed by atoms with Crippen LogP contribution in [0.2, 0.25) is 0 Å². The number of nitrogens with one attached hydrogen (secondary N) is 2. The highest BCUT2D eigenvalue weighted by Crippen LogP contribution is 2.17. The summed E-state index contributed by atoms with van der Waals surface area (Å²) in [5.41, 5.74) is 2.24. The van der Waals surface area contributed by atoms with Gasteiger partial charge in [-0.25, -0.2) is 4.98 Å². The number of hydrogen-bond donors (Lipinski definition) is 2. The molecule has 0 amide bonds. The highest BCUT2D eigenvalue weighted by molar-refractivity contribution is 14.0. The van der Waals surface area contributed by atoms with Crippen molar-refractivity contribution in [3.8, 4) is 0 Å². The largest absolute Gasteiger partial charge is 0.354 e. The van der Waals surface area contributed by atoms with E-state index < -0.39 is 0 Å². The summed E-state index contributed by atoms with van der Waals surface area (Å²) in [7, 11) is 5.78. The van der Waals surface area contributed by atoms with Gasteiger partial charge in [0, 0.05) is 33.1 Å². The van der Waals surface area contributed by atoms with Gasteiger partial charge in [-0.2, -0.15) is 0 Å². The zero-order valence-corrected chi connectivity index (χ0v) is 18.3. The molecule has 5 nitrogen and oxygen atoms in total. The quantitative estimate of drug-likeness (QED) is 0.330. The molecule has 0 aliphatic rings. The smallest absolute Gasteiger partial charge is 0.191 e. The SMILES string of the molecule is CN=C(NCc1ccc2ccccc2c1)NCc1csc(N(C)C)n1.I. The minimum Gasteiger partial charge on any atom is -0.354 e. The Morgan fingerprint density at radius 1 is 1.08 bits per heavy atom. The summed E-state index contributed by atoms with van der Waals surface area (Å²) in [6, 6.07) is 14.9. The molecule has 0 saturated carbocycles. The van der Waals surface area contributed by atoms with Crippen LogP contribution in [0.25, 0.3) is 10.8 Å². The molecular formula is C19H24IN5S. The Hall–Kier alpha value is -1.87. The zero-order chi connectivity index (χ0) is 17.6. The van der Waals surface area contributed by atoms with Crippen molar-refractivity contribution in [2.24, 2.45) is 4.99 Å². The van der Waals surface area contributed by atoms with Crippen molar-refractivity contribution >= 4 is 57.2 Å². The summed E-state index contributed by atoms with van der Waals surface area (Å²) in [6.07, 6.45) is 0. The number of guanidine groups is 1. The van der Waals surface area contributed by atoms with Crippen LogP contribution in [0.4, 0.5) is 5.13 Å². The van der Waals surface area contributed by atoms with Crippen LogP contribution in [-0.2, 0) is 13.1 Å². The monoisotopic (exact) mass is 481 g/mol. The molecule has 0 fully saturated rings. The standard InChI is InChI=1S/C19H23N5S.HI/c1-20-18(22-12-17-13-25-19(23-17)24(2)3)21-11-14-8-9-15-6-4-5-7-16(15)10-14;/h4-10,13H,11-12H2,1-3H3,(H2,20,21,22);1H. The Kier molecular flexibility index (Phi) is 7.65. The molecule has 0 atom stereocenters. The highest BCUT2D eigenvalue weighted by atomic mass is 127. The Bertz CT molecular complexity index is 875. The lowest BCUT2D eigenvalue weighted by atomic mass is 10.1. The third kappa shape index (κ3) is 5.31. The van der Waals surface area contributed by atoms with Crippen molar-refractivity contribution in [3.63, 3.8) is 0 Å². The van der Waals surface area contributed by atoms with Gasteiger partial charge in [0.1, 0.15) is 0 Å². The average Bonchev–Trinajstić information content (AvgIpc) is 3.11. The molecule has 3 rings (SSSR count). The lowest BCUT2D eigenvalue weighted by Gasteiger charge is -2.12. The maximum absolute atomic E-state index is 4.57. The van der Waals surface area contributed by atoms with Gasteiger partial charge in [0.25, 0.3) is 0 Å². The Labute approximate surface area is 175 Å². The third-order valence-corrected chi connectivity index (χ3v) is 4.91. The number of halogens is 1. The van der Waals surface area contributed by atoms with Gasteiger partial charge in [0.2, 0.25) is 0 Å². The first-order chi connectivity index (χ1) is 12.2. The van der Waals surface area contributed by atoms with E-state index in [1.54, 1.807) is 18.4 Å². The van der Waals surface area contributed by atoms with Gasteiger partial charge in [-0.05, 0) is 22.4 Å². The van der Waals surface area contributed by atoms with E-state index in [0.29, 0.717) is 6.54 Å². The van der Waals surface area contributed by atoms with Crippen molar-refractivity contribution in [1.82, 2.24) is 15.6 Å². The topological polar surface area (TPSA) is 52.6 Å². The van der Waals surface area contributed by atoms with Gasteiger partial charge in [-0.15, -0.1) is 35.3 Å². The summed E-state index contributed by atoms with van der Waals surface area (Å²) >= 11 is 1.64. The van der Waals surface area contributed by atoms with Crippen LogP contribution < -0.4 is 15.5 Å². The van der Waals surface area contributed by atoms with Gasteiger partial charge in [-0.3, -0.25) is 4.99 Å². The van der Waals surface area contributed by atoms with E-state index in [2.05, 4.69) is 68.5 Å². The van der Waals surface area contributed by atoms with E-state index in [1.807, 2.05) is 19.0 Å². The van der Waals surface area contributed by atoms with E-state index in [1.165, 1.54) is 16.3 Å². The van der Waals surface area contributed by atoms with Crippen LogP contribution >= 0.6 is 35.3 Å². The predicted molar refractivity (Wildman–Crippen MR) is 123 cm³/mol. The van der Waals surface area contributed by atoms with Crippen LogP contribution in [0.3, 0.4) is 0 Å². The number of thiazole rings is 1. The molecule has 0 aliphatic heterocycles. The summed E-state index contributed by atoms with van der Waals surface area (Å²) < 4.78 is 0. The van der Waals surface area contributed by atoms with Gasteiger partial charge >= 0.3 is 0 Å². The van der Waals surface area contributed by atoms with E-state index in [0.717, 1.165) is 23.3 Å². The van der Waals surface area contributed by atoms with Crippen LogP contribution in [-0.4, -0.2) is 32.1 Å². The van der Waals surface area contributed by atoms with Crippen molar-refractivity contribution in [2.45, 2.75) is 13.1 Å². The number of fused-ring (bicyclic) bond motifs is 1. The van der Waals surface area contributed by atoms with Gasteiger partial charge < -0.3 is 15.5 Å². The normalized spacial score (nSPS) is 11.1. The molecule has 0 aliphatic carbocycles. The fraction of sp³-hybridized carbons (Fsp3) is 0.263. The molecule has 0 unspecified atom stereocenters. The minimum absolute atomic E-state index is 0. The molecule has 7 heteroatoms. The number of benzene rings is 2. The van der Waals surface area contributed by atoms with Crippen molar-refractivity contribution < 1.29 is 0 Å². The molecule has 0 bridgehead atoms. The Balaban J connectivity index is 0.00000243. The molecule has 3 aromatic rings. The van der Waals surface area contributed by atoms with Gasteiger partial charge in [0.05, 0.1) is 12.2 Å². The fourth-order valence-corrected chi connectivity index (χ4v) is 3.27. The average molecular weight is 481 g/mol. The van der Waals surface area contributed by atoms with Crippen molar-refractivity contribution in [2.75, 3.05) is 26.0 Å². The molecule has 138 valence electrons. The first-order valence-corrected chi connectivity index (χ1v) is 9.07. The highest BCUT2D eigenvalue weighted by Gasteiger charge is 2.05. The lowest BCUT2D eigenvalue weighted by molar-refractivity contribution is 0.798. The first-order valence-electron chi connectivity index (χ1n) is 8.19. The number of rotatable bonds is 5. The number of aromatic nitrogens is 1. The zero-order valence-electron chi connectivity index (χ0n) is 15.2. The van der Waals surface area contributed by atoms with E-state index >= 15 is 0 Å². The first kappa shape index (κ1) is 20.4. The van der Waals surface area contributed by atoms with Crippen LogP contribution in [0.15, 0.2) is 52.8 Å².